The highest BCUT2D eigenvalue weighted by atomic mass is 35.5. The fourth-order valence-electron chi connectivity index (χ4n) is 6.84. The maximum absolute atomic E-state index is 11.2. The molecule has 2 aromatic heterocycles. The van der Waals surface area contributed by atoms with Gasteiger partial charge in [0, 0.05) is 110 Å². The van der Waals surface area contributed by atoms with E-state index >= 15 is 0 Å². The van der Waals surface area contributed by atoms with Gasteiger partial charge in [0.15, 0.2) is 6.10 Å². The SMILES string of the molecule is CN=Cc1cncc(COc2cc(OCc3cccc(-c4cccc(COc5cc(OCc6cncc(C=NC)c6)c(CNCC(O)C(=O)O)cc5Cl)c4C)c3C)c(Cl)cc2CO)c1. The summed E-state index contributed by atoms with van der Waals surface area (Å²) in [5, 5.41) is 32.6. The molecule has 2 heterocycles. The van der Waals surface area contributed by atoms with Crippen molar-refractivity contribution in [2.45, 2.75) is 59.5 Å². The van der Waals surface area contributed by atoms with Crippen LogP contribution in [-0.2, 0) is 44.4 Å². The van der Waals surface area contributed by atoms with Gasteiger partial charge in [0.05, 0.1) is 16.7 Å². The van der Waals surface area contributed by atoms with Crippen LogP contribution in [0.5, 0.6) is 23.0 Å². The Labute approximate surface area is 382 Å². The third kappa shape index (κ3) is 12.4. The number of rotatable bonds is 21. The lowest BCUT2D eigenvalue weighted by Gasteiger charge is -2.19. The first-order valence-electron chi connectivity index (χ1n) is 20.3. The second-order valence-corrected chi connectivity index (χ2v) is 15.6. The molecule has 4 N–H and O–H groups in total. The topological polar surface area (TPSA) is 177 Å². The molecule has 0 aliphatic rings. The molecule has 0 radical (unpaired) electrons. The average molecular weight is 907 g/mol. The number of carboxylic acid groups (broad SMARTS) is 1. The van der Waals surface area contributed by atoms with Crippen LogP contribution in [0.25, 0.3) is 11.1 Å². The third-order valence-corrected chi connectivity index (χ3v) is 10.9. The minimum Gasteiger partial charge on any atom is -0.488 e. The monoisotopic (exact) mass is 905 g/mol. The maximum Gasteiger partial charge on any atom is 0.333 e. The van der Waals surface area contributed by atoms with Crippen LogP contribution < -0.4 is 24.3 Å². The molecule has 0 saturated carbocycles. The first-order chi connectivity index (χ1) is 31.0. The number of benzene rings is 4. The zero-order chi connectivity index (χ0) is 45.6. The van der Waals surface area contributed by atoms with E-state index in [0.29, 0.717) is 44.2 Å². The second-order valence-electron chi connectivity index (χ2n) is 14.8. The van der Waals surface area contributed by atoms with E-state index in [1.165, 1.54) is 0 Å². The number of aliphatic hydroxyl groups is 2. The summed E-state index contributed by atoms with van der Waals surface area (Å²) in [6, 6.07) is 22.7. The van der Waals surface area contributed by atoms with Crippen LogP contribution in [0.4, 0.5) is 0 Å². The zero-order valence-electron chi connectivity index (χ0n) is 35.8. The molecule has 6 aromatic rings. The summed E-state index contributed by atoms with van der Waals surface area (Å²) in [7, 11) is 3.38. The predicted octanol–water partition coefficient (Wildman–Crippen LogP) is 8.51. The molecule has 64 heavy (non-hydrogen) atoms. The van der Waals surface area contributed by atoms with Crippen LogP contribution in [0.3, 0.4) is 0 Å². The quantitative estimate of drug-likeness (QED) is 0.0510. The van der Waals surface area contributed by atoms with Crippen molar-refractivity contribution in [3.63, 3.8) is 0 Å². The largest absolute Gasteiger partial charge is 0.488 e. The molecular weight excluding hydrogens is 857 g/mol. The van der Waals surface area contributed by atoms with Crippen LogP contribution in [0.2, 0.25) is 10.0 Å². The smallest absolute Gasteiger partial charge is 0.333 e. The van der Waals surface area contributed by atoms with E-state index in [0.717, 1.165) is 55.6 Å². The maximum atomic E-state index is 11.2. The van der Waals surface area contributed by atoms with Gasteiger partial charge in [-0.3, -0.25) is 20.0 Å². The van der Waals surface area contributed by atoms with Gasteiger partial charge in [-0.05, 0) is 71.5 Å². The molecule has 1 unspecified atom stereocenters. The van der Waals surface area contributed by atoms with Gasteiger partial charge >= 0.3 is 5.97 Å². The fourth-order valence-corrected chi connectivity index (χ4v) is 7.33. The highest BCUT2D eigenvalue weighted by Crippen LogP contribution is 2.37. The number of halogens is 2. The van der Waals surface area contributed by atoms with Gasteiger partial charge in [-0.1, -0.05) is 59.6 Å². The molecule has 0 fully saturated rings. The molecule has 0 spiro atoms. The van der Waals surface area contributed by atoms with E-state index in [2.05, 4.69) is 44.3 Å². The van der Waals surface area contributed by atoms with Gasteiger partial charge in [0.2, 0.25) is 0 Å². The van der Waals surface area contributed by atoms with Crippen molar-refractivity contribution >= 4 is 41.6 Å². The average Bonchev–Trinajstić information content (AvgIpc) is 3.28. The number of aliphatic hydroxyl groups excluding tert-OH is 2. The van der Waals surface area contributed by atoms with Crippen molar-refractivity contribution in [2.24, 2.45) is 9.98 Å². The Balaban J connectivity index is 1.17. The van der Waals surface area contributed by atoms with Gasteiger partial charge in [-0.2, -0.15) is 0 Å². The Kier molecular flexibility index (Phi) is 16.8. The fraction of sp³-hybridized carbons (Fsp3) is 0.245. The van der Waals surface area contributed by atoms with Crippen molar-refractivity contribution in [1.29, 1.82) is 0 Å². The first-order valence-corrected chi connectivity index (χ1v) is 21.0. The molecule has 0 saturated heterocycles. The summed E-state index contributed by atoms with van der Waals surface area (Å²) in [5.41, 5.74) is 10.5. The molecule has 0 bridgehead atoms. The number of aliphatic imine (C=N–C) groups is 2. The second kappa shape index (κ2) is 22.8. The summed E-state index contributed by atoms with van der Waals surface area (Å²) in [5.74, 6) is 0.393. The number of pyridine rings is 2. The van der Waals surface area contributed by atoms with Crippen LogP contribution >= 0.6 is 23.2 Å². The number of hydrogen-bond acceptors (Lipinski definition) is 12. The number of carboxylic acids is 1. The molecule has 0 amide bonds. The lowest BCUT2D eigenvalue weighted by molar-refractivity contribution is -0.146. The van der Waals surface area contributed by atoms with Gasteiger partial charge in [-0.25, -0.2) is 4.79 Å². The van der Waals surface area contributed by atoms with Crippen molar-refractivity contribution in [3.05, 3.63) is 163 Å². The lowest BCUT2D eigenvalue weighted by Crippen LogP contribution is -2.32. The molecule has 332 valence electrons. The minimum atomic E-state index is -1.57. The standard InChI is InChI=1S/C49H49Cl2N5O8/c1-30-36(28-63-47-15-45(61-26-34-11-32(17-52-3)19-54-21-34)38(13-42(47)50)23-56-24-44(58)49(59)60)7-5-9-40(30)41-10-6-8-37(31(41)2)29-64-48-16-46(39(25-57)14-43(48)51)62-27-35-12-33(18-53-4)20-55-22-35/h5-22,44,56-58H,23-29H2,1-4H3,(H,59,60). The number of ether oxygens (including phenoxy) is 4. The van der Waals surface area contributed by atoms with Crippen LogP contribution in [0.15, 0.2) is 108 Å². The van der Waals surface area contributed by atoms with E-state index in [1.807, 2.05) is 43.3 Å². The van der Waals surface area contributed by atoms with Crippen molar-refractivity contribution in [3.8, 4) is 34.1 Å². The van der Waals surface area contributed by atoms with E-state index < -0.39 is 12.1 Å². The molecule has 6 rings (SSSR count). The normalized spacial score (nSPS) is 11.9. The Morgan fingerprint density at radius 1 is 0.672 bits per heavy atom. The highest BCUT2D eigenvalue weighted by molar-refractivity contribution is 6.32. The molecule has 13 nitrogen and oxygen atoms in total. The molecule has 15 heteroatoms. The Hall–Kier alpha value is -6.35. The number of carbonyl (C=O) groups is 1. The summed E-state index contributed by atoms with van der Waals surface area (Å²) in [4.78, 5) is 27.8. The molecule has 1 atom stereocenters. The number of aromatic nitrogens is 2. The van der Waals surface area contributed by atoms with Gasteiger partial charge in [-0.15, -0.1) is 0 Å². The number of aliphatic carboxylic acids is 1. The van der Waals surface area contributed by atoms with Crippen molar-refractivity contribution in [1.82, 2.24) is 15.3 Å². The predicted molar refractivity (Wildman–Crippen MR) is 248 cm³/mol. The molecule has 4 aromatic carbocycles. The molecule has 0 aliphatic heterocycles. The van der Waals surface area contributed by atoms with Crippen molar-refractivity contribution in [2.75, 3.05) is 20.6 Å². The van der Waals surface area contributed by atoms with Gasteiger partial charge < -0.3 is 39.6 Å². The zero-order valence-corrected chi connectivity index (χ0v) is 37.4. The summed E-state index contributed by atoms with van der Waals surface area (Å²) in [6.07, 6.45) is 8.68. The lowest BCUT2D eigenvalue weighted by atomic mass is 9.92. The molecular formula is C49H49Cl2N5O8. The Morgan fingerprint density at radius 2 is 1.14 bits per heavy atom. The van der Waals surface area contributed by atoms with Crippen molar-refractivity contribution < 1.29 is 39.1 Å². The van der Waals surface area contributed by atoms with Crippen LogP contribution in [-0.4, -0.2) is 70.4 Å². The minimum absolute atomic E-state index is 0.174. The summed E-state index contributed by atoms with van der Waals surface area (Å²) >= 11 is 13.4. The Morgan fingerprint density at radius 3 is 1.61 bits per heavy atom. The number of nitrogens with zero attached hydrogens (tertiary/aromatic N) is 4. The third-order valence-electron chi connectivity index (χ3n) is 10.3. The van der Waals surface area contributed by atoms with Gasteiger partial charge in [0.1, 0.15) is 49.4 Å². The number of hydrogen-bond donors (Lipinski definition) is 4. The van der Waals surface area contributed by atoms with Crippen LogP contribution in [0.1, 0.15) is 55.6 Å². The van der Waals surface area contributed by atoms with E-state index in [1.54, 1.807) is 75.6 Å². The summed E-state index contributed by atoms with van der Waals surface area (Å²) < 4.78 is 25.0. The number of nitrogens with one attached hydrogen (secondary N) is 1. The van der Waals surface area contributed by atoms with E-state index in [-0.39, 0.29) is 46.1 Å². The van der Waals surface area contributed by atoms with Crippen LogP contribution in [0, 0.1) is 13.8 Å². The first kappa shape index (κ1) is 47.1. The summed E-state index contributed by atoms with van der Waals surface area (Å²) in [6.45, 7) is 4.66. The Bertz CT molecular complexity index is 2640. The van der Waals surface area contributed by atoms with E-state index in [9.17, 15) is 15.0 Å². The van der Waals surface area contributed by atoms with Gasteiger partial charge in [0.25, 0.3) is 0 Å². The molecule has 0 aliphatic carbocycles. The highest BCUT2D eigenvalue weighted by Gasteiger charge is 2.18. The van der Waals surface area contributed by atoms with E-state index in [4.69, 9.17) is 47.3 Å².